The van der Waals surface area contributed by atoms with Gasteiger partial charge < -0.3 is 14.0 Å². The van der Waals surface area contributed by atoms with Crippen LogP contribution in [0.4, 0.5) is 0 Å². The third-order valence-electron chi connectivity index (χ3n) is 4.11. The summed E-state index contributed by atoms with van der Waals surface area (Å²) in [6.45, 7) is 0. The van der Waals surface area contributed by atoms with E-state index in [4.69, 9.17) is 9.40 Å². The number of furan rings is 1. The maximum Gasteiger partial charge on any atom is 0.185 e. The summed E-state index contributed by atoms with van der Waals surface area (Å²) in [6.07, 6.45) is 6.64. The van der Waals surface area contributed by atoms with Gasteiger partial charge in [-0.15, -0.1) is 0 Å². The molecule has 1 fully saturated rings. The van der Waals surface area contributed by atoms with Gasteiger partial charge in [0.1, 0.15) is 11.2 Å². The van der Waals surface area contributed by atoms with E-state index < -0.39 is 0 Å². The molecule has 5 rings (SSSR count). The number of carbonyl (C=O) groups is 1. The second kappa shape index (κ2) is 4.07. The molecule has 0 aliphatic heterocycles. The van der Waals surface area contributed by atoms with Crippen LogP contribution in [0.1, 0.15) is 29.4 Å². The van der Waals surface area contributed by atoms with Gasteiger partial charge in [-0.05, 0) is 31.0 Å². The number of rotatable bonds is 3. The Morgan fingerprint density at radius 1 is 1.32 bits per heavy atom. The van der Waals surface area contributed by atoms with Gasteiger partial charge in [-0.3, -0.25) is 4.79 Å². The number of hydrogen-bond acceptors (Lipinski definition) is 4. The van der Waals surface area contributed by atoms with Gasteiger partial charge in [0, 0.05) is 17.6 Å². The summed E-state index contributed by atoms with van der Waals surface area (Å²) in [5, 5.41) is 1.06. The summed E-state index contributed by atoms with van der Waals surface area (Å²) >= 11 is 0. The number of aromatic amines is 1. The summed E-state index contributed by atoms with van der Waals surface area (Å²) in [7, 11) is 0. The Balaban J connectivity index is 1.87. The molecule has 1 aliphatic rings. The highest BCUT2D eigenvalue weighted by Crippen LogP contribution is 2.42. The molecule has 0 saturated heterocycles. The Kier molecular flexibility index (Phi) is 2.17. The molecule has 1 saturated carbocycles. The lowest BCUT2D eigenvalue weighted by molar-refractivity contribution is 0.110. The maximum atomic E-state index is 10.9. The van der Waals surface area contributed by atoms with Gasteiger partial charge in [-0.1, -0.05) is 0 Å². The Morgan fingerprint density at radius 2 is 2.23 bits per heavy atom. The molecule has 6 heteroatoms. The predicted octanol–water partition coefficient (Wildman–Crippen LogP) is 3.32. The van der Waals surface area contributed by atoms with Crippen LogP contribution < -0.4 is 0 Å². The van der Waals surface area contributed by atoms with E-state index in [0.29, 0.717) is 23.8 Å². The first-order chi connectivity index (χ1) is 10.8. The van der Waals surface area contributed by atoms with Crippen LogP contribution in [-0.4, -0.2) is 25.8 Å². The fourth-order valence-corrected chi connectivity index (χ4v) is 2.99. The number of carbonyl (C=O) groups excluding carboxylic acids is 1. The van der Waals surface area contributed by atoms with Crippen LogP contribution in [0.5, 0.6) is 0 Å². The van der Waals surface area contributed by atoms with Gasteiger partial charge in [-0.25, -0.2) is 9.97 Å². The topological polar surface area (TPSA) is 76.7 Å². The maximum absolute atomic E-state index is 10.9. The number of aromatic nitrogens is 4. The van der Waals surface area contributed by atoms with Crippen LogP contribution in [0.25, 0.3) is 33.7 Å². The fraction of sp³-hybridized carbons (Fsp3) is 0.188. The van der Waals surface area contributed by atoms with Crippen molar-refractivity contribution in [1.82, 2.24) is 19.5 Å². The highest BCUT2D eigenvalue weighted by atomic mass is 16.3. The summed E-state index contributed by atoms with van der Waals surface area (Å²) in [5.74, 6) is 1.70. The lowest BCUT2D eigenvalue weighted by Gasteiger charge is -2.06. The van der Waals surface area contributed by atoms with Gasteiger partial charge in [-0.2, -0.15) is 0 Å². The van der Waals surface area contributed by atoms with Crippen molar-refractivity contribution in [2.75, 3.05) is 0 Å². The van der Waals surface area contributed by atoms with Crippen LogP contribution in [0.3, 0.4) is 0 Å². The third kappa shape index (κ3) is 1.52. The molecule has 1 N–H and O–H groups in total. The summed E-state index contributed by atoms with van der Waals surface area (Å²) in [6, 6.07) is 5.92. The lowest BCUT2D eigenvalue weighted by Crippen LogP contribution is -1.97. The number of nitrogens with one attached hydrogen (secondary N) is 1. The third-order valence-corrected chi connectivity index (χ3v) is 4.11. The van der Waals surface area contributed by atoms with Crippen molar-refractivity contribution < 1.29 is 9.21 Å². The second-order valence-electron chi connectivity index (χ2n) is 5.59. The first kappa shape index (κ1) is 11.7. The van der Waals surface area contributed by atoms with Crippen LogP contribution in [0, 0.1) is 0 Å². The van der Waals surface area contributed by atoms with E-state index in [1.54, 1.807) is 18.3 Å². The molecule has 0 spiro atoms. The van der Waals surface area contributed by atoms with E-state index >= 15 is 0 Å². The van der Waals surface area contributed by atoms with Crippen molar-refractivity contribution in [1.29, 1.82) is 0 Å². The molecular weight excluding hydrogens is 280 g/mol. The molecule has 108 valence electrons. The second-order valence-corrected chi connectivity index (χ2v) is 5.59. The van der Waals surface area contributed by atoms with E-state index in [-0.39, 0.29) is 0 Å². The number of hydrogen-bond donors (Lipinski definition) is 1. The standard InChI is InChI=1S/C16H12N4O2/c21-8-10-3-4-13(22-10)16-19-12-7-18-15-11(5-6-17-15)14(12)20(16)9-1-2-9/h3-9H,1-2H2,(H,17,18). The van der Waals surface area contributed by atoms with Crippen LogP contribution >= 0.6 is 0 Å². The molecule has 0 unspecified atom stereocenters. The molecular formula is C16H12N4O2. The number of imidazole rings is 1. The molecule has 0 bridgehead atoms. The molecule has 6 nitrogen and oxygen atoms in total. The van der Waals surface area contributed by atoms with Gasteiger partial charge in [0.05, 0.1) is 11.7 Å². The first-order valence-electron chi connectivity index (χ1n) is 7.24. The van der Waals surface area contributed by atoms with Crippen LogP contribution in [-0.2, 0) is 0 Å². The summed E-state index contributed by atoms with van der Waals surface area (Å²) < 4.78 is 7.80. The minimum absolute atomic E-state index is 0.314. The average molecular weight is 292 g/mol. The van der Waals surface area contributed by atoms with E-state index in [0.717, 1.165) is 40.7 Å². The zero-order chi connectivity index (χ0) is 14.7. The molecule has 22 heavy (non-hydrogen) atoms. The summed E-state index contributed by atoms with van der Waals surface area (Å²) in [5.41, 5.74) is 2.78. The molecule has 0 radical (unpaired) electrons. The van der Waals surface area contributed by atoms with Crippen molar-refractivity contribution in [2.24, 2.45) is 0 Å². The lowest BCUT2D eigenvalue weighted by atomic mass is 10.3. The smallest absolute Gasteiger partial charge is 0.185 e. The van der Waals surface area contributed by atoms with Gasteiger partial charge in [0.15, 0.2) is 23.6 Å². The van der Waals surface area contributed by atoms with E-state index in [1.165, 1.54) is 0 Å². The van der Waals surface area contributed by atoms with Gasteiger partial charge in [0.2, 0.25) is 0 Å². The molecule has 0 aromatic carbocycles. The highest BCUT2D eigenvalue weighted by Gasteiger charge is 2.30. The van der Waals surface area contributed by atoms with Gasteiger partial charge in [0.25, 0.3) is 0 Å². The van der Waals surface area contributed by atoms with Crippen molar-refractivity contribution in [3.63, 3.8) is 0 Å². The monoisotopic (exact) mass is 292 g/mol. The van der Waals surface area contributed by atoms with Crippen molar-refractivity contribution >= 4 is 28.4 Å². The molecule has 4 aromatic rings. The van der Waals surface area contributed by atoms with Crippen molar-refractivity contribution in [3.05, 3.63) is 36.4 Å². The zero-order valence-corrected chi connectivity index (χ0v) is 11.6. The van der Waals surface area contributed by atoms with Crippen molar-refractivity contribution in [2.45, 2.75) is 18.9 Å². The average Bonchev–Trinajstić information content (AvgIpc) is 2.99. The predicted molar refractivity (Wildman–Crippen MR) is 80.7 cm³/mol. The number of nitrogens with zero attached hydrogens (tertiary/aromatic N) is 3. The number of H-pyrrole nitrogens is 1. The largest absolute Gasteiger partial charge is 0.450 e. The fourth-order valence-electron chi connectivity index (χ4n) is 2.99. The summed E-state index contributed by atoms with van der Waals surface area (Å²) in [4.78, 5) is 23.1. The normalized spacial score (nSPS) is 14.9. The quantitative estimate of drug-likeness (QED) is 0.588. The molecule has 1 aliphatic carbocycles. The molecule has 0 amide bonds. The first-order valence-corrected chi connectivity index (χ1v) is 7.24. The Morgan fingerprint density at radius 3 is 3.00 bits per heavy atom. The highest BCUT2D eigenvalue weighted by molar-refractivity contribution is 6.02. The van der Waals surface area contributed by atoms with Crippen LogP contribution in [0.15, 0.2) is 35.0 Å². The Hall–Kier alpha value is -2.89. The molecule has 4 aromatic heterocycles. The Bertz CT molecular complexity index is 1020. The molecule has 4 heterocycles. The minimum Gasteiger partial charge on any atom is -0.450 e. The number of aldehydes is 1. The zero-order valence-electron chi connectivity index (χ0n) is 11.6. The minimum atomic E-state index is 0.314. The number of fused-ring (bicyclic) bond motifs is 3. The van der Waals surface area contributed by atoms with Crippen LogP contribution in [0.2, 0.25) is 0 Å². The number of pyridine rings is 1. The van der Waals surface area contributed by atoms with E-state index in [1.807, 2.05) is 12.3 Å². The van der Waals surface area contributed by atoms with E-state index in [9.17, 15) is 4.79 Å². The van der Waals surface area contributed by atoms with E-state index in [2.05, 4.69) is 14.5 Å². The van der Waals surface area contributed by atoms with Gasteiger partial charge >= 0.3 is 0 Å². The Labute approximate surface area is 124 Å². The molecule has 0 atom stereocenters. The SMILES string of the molecule is O=Cc1ccc(-c2nc3cnc4[nH]ccc4c3n2C2CC2)o1. The van der Waals surface area contributed by atoms with Crippen molar-refractivity contribution in [3.8, 4) is 11.6 Å².